The minimum Gasteiger partial charge on any atom is -0.229 e. The van der Waals surface area contributed by atoms with Crippen molar-refractivity contribution in [3.8, 4) is 0 Å². The Labute approximate surface area is 153 Å². The largest absolute Gasteiger partial charge is 0.229 e. The summed E-state index contributed by atoms with van der Waals surface area (Å²) in [4.78, 5) is 12.8. The van der Waals surface area contributed by atoms with E-state index in [9.17, 15) is 0 Å². The SMILES string of the molecule is CCCCC(CCC)(CCC)OOC(CCC)(CCC)CCCC. The molecule has 0 N–H and O–H groups in total. The quantitative estimate of drug-likeness (QED) is 0.197. The van der Waals surface area contributed by atoms with Crippen LogP contribution in [-0.2, 0) is 9.78 Å². The molecule has 0 aliphatic rings. The second kappa shape index (κ2) is 14.1. The van der Waals surface area contributed by atoms with Crippen LogP contribution in [0.1, 0.15) is 131 Å². The van der Waals surface area contributed by atoms with Crippen LogP contribution in [0.15, 0.2) is 0 Å². The summed E-state index contributed by atoms with van der Waals surface area (Å²) in [6, 6.07) is 0. The summed E-state index contributed by atoms with van der Waals surface area (Å²) in [5, 5.41) is 0. The first kappa shape index (κ1) is 23.9. The molecule has 0 saturated heterocycles. The molecule has 0 heterocycles. The highest BCUT2D eigenvalue weighted by molar-refractivity contribution is 4.82. The number of unbranched alkanes of at least 4 members (excludes halogenated alkanes) is 2. The summed E-state index contributed by atoms with van der Waals surface area (Å²) in [5.41, 5.74) is -0.142. The van der Waals surface area contributed by atoms with Gasteiger partial charge in [-0.2, -0.15) is 0 Å². The molecule has 0 aliphatic heterocycles. The average molecular weight is 343 g/mol. The van der Waals surface area contributed by atoms with Crippen LogP contribution in [0.5, 0.6) is 0 Å². The lowest BCUT2D eigenvalue weighted by Crippen LogP contribution is -2.40. The van der Waals surface area contributed by atoms with E-state index in [1.54, 1.807) is 0 Å². The van der Waals surface area contributed by atoms with Crippen LogP contribution < -0.4 is 0 Å². The van der Waals surface area contributed by atoms with Crippen LogP contribution in [0.4, 0.5) is 0 Å². The predicted octanol–water partition coefficient (Wildman–Crippen LogP) is 7.99. The Kier molecular flexibility index (Phi) is 14.1. The van der Waals surface area contributed by atoms with Gasteiger partial charge >= 0.3 is 0 Å². The Hall–Kier alpha value is -0.0800. The van der Waals surface area contributed by atoms with Crippen LogP contribution in [0, 0.1) is 0 Å². The molecule has 2 heteroatoms. The second-order valence-electron chi connectivity index (χ2n) is 7.74. The minimum absolute atomic E-state index is 0.0710. The van der Waals surface area contributed by atoms with E-state index < -0.39 is 0 Å². The van der Waals surface area contributed by atoms with Gasteiger partial charge in [0.2, 0.25) is 0 Å². The van der Waals surface area contributed by atoms with Gasteiger partial charge in [-0.05, 0) is 38.5 Å². The molecule has 24 heavy (non-hydrogen) atoms. The van der Waals surface area contributed by atoms with E-state index in [0.717, 1.165) is 64.2 Å². The normalized spacial score (nSPS) is 12.8. The van der Waals surface area contributed by atoms with E-state index in [0.29, 0.717) is 0 Å². The predicted molar refractivity (Wildman–Crippen MR) is 106 cm³/mol. The van der Waals surface area contributed by atoms with E-state index in [1.807, 2.05) is 0 Å². The van der Waals surface area contributed by atoms with Crippen LogP contribution in [-0.4, -0.2) is 11.2 Å². The number of rotatable bonds is 17. The van der Waals surface area contributed by atoms with Crippen molar-refractivity contribution in [2.45, 2.75) is 143 Å². The Balaban J connectivity index is 5.14. The molecule has 0 spiro atoms. The van der Waals surface area contributed by atoms with Crippen molar-refractivity contribution in [1.29, 1.82) is 0 Å². The molecule has 146 valence electrons. The molecule has 0 aromatic heterocycles. The van der Waals surface area contributed by atoms with E-state index in [4.69, 9.17) is 9.78 Å². The lowest BCUT2D eigenvalue weighted by molar-refractivity contribution is -0.422. The monoisotopic (exact) mass is 342 g/mol. The average Bonchev–Trinajstić information content (AvgIpc) is 2.57. The molecule has 0 atom stereocenters. The fraction of sp³-hybridized carbons (Fsp3) is 1.00. The van der Waals surface area contributed by atoms with E-state index in [-0.39, 0.29) is 11.2 Å². The Morgan fingerprint density at radius 2 is 0.708 bits per heavy atom. The molecule has 0 fully saturated rings. The Bertz CT molecular complexity index is 235. The number of hydrogen-bond acceptors (Lipinski definition) is 2. The smallest absolute Gasteiger partial charge is 0.104 e. The molecule has 0 aliphatic carbocycles. The maximum atomic E-state index is 6.38. The van der Waals surface area contributed by atoms with E-state index >= 15 is 0 Å². The Morgan fingerprint density at radius 1 is 0.417 bits per heavy atom. The first-order chi connectivity index (χ1) is 11.6. The first-order valence-electron chi connectivity index (χ1n) is 10.9. The molecule has 0 unspecified atom stereocenters. The van der Waals surface area contributed by atoms with Gasteiger partial charge in [-0.1, -0.05) is 92.9 Å². The Morgan fingerprint density at radius 3 is 0.917 bits per heavy atom. The fourth-order valence-electron chi connectivity index (χ4n) is 4.00. The zero-order chi connectivity index (χ0) is 18.3. The molecular weight excluding hydrogens is 296 g/mol. The standard InChI is InChI=1S/C22H46O2/c1-7-13-19-21(15-9-3,16-10-4)23-24-22(17-11-5,18-12-6)20-14-8-2/h7-20H2,1-6H3. The van der Waals surface area contributed by atoms with Crippen molar-refractivity contribution in [2.24, 2.45) is 0 Å². The number of hydrogen-bond donors (Lipinski definition) is 0. The van der Waals surface area contributed by atoms with Crippen LogP contribution in [0.3, 0.4) is 0 Å². The molecule has 0 rings (SSSR count). The minimum atomic E-state index is -0.0710. The zero-order valence-electron chi connectivity index (χ0n) is 17.7. The van der Waals surface area contributed by atoms with Gasteiger partial charge < -0.3 is 0 Å². The van der Waals surface area contributed by atoms with Gasteiger partial charge in [0.25, 0.3) is 0 Å². The highest BCUT2D eigenvalue weighted by Gasteiger charge is 2.36. The highest BCUT2D eigenvalue weighted by Crippen LogP contribution is 2.36. The third-order valence-electron chi connectivity index (χ3n) is 5.19. The van der Waals surface area contributed by atoms with Crippen molar-refractivity contribution >= 4 is 0 Å². The first-order valence-corrected chi connectivity index (χ1v) is 10.9. The summed E-state index contributed by atoms with van der Waals surface area (Å²) < 4.78 is 0. The molecule has 0 aromatic rings. The maximum Gasteiger partial charge on any atom is 0.104 e. The summed E-state index contributed by atoms with van der Waals surface area (Å²) in [5.74, 6) is 0. The zero-order valence-corrected chi connectivity index (χ0v) is 17.7. The van der Waals surface area contributed by atoms with Crippen molar-refractivity contribution < 1.29 is 9.78 Å². The van der Waals surface area contributed by atoms with Crippen LogP contribution >= 0.6 is 0 Å². The molecule has 0 aromatic carbocycles. The fourth-order valence-corrected chi connectivity index (χ4v) is 4.00. The molecular formula is C22H46O2. The topological polar surface area (TPSA) is 18.5 Å². The van der Waals surface area contributed by atoms with Gasteiger partial charge in [0.1, 0.15) is 11.2 Å². The summed E-state index contributed by atoms with van der Waals surface area (Å²) >= 11 is 0. The highest BCUT2D eigenvalue weighted by atomic mass is 17.2. The van der Waals surface area contributed by atoms with E-state index in [2.05, 4.69) is 41.5 Å². The van der Waals surface area contributed by atoms with Gasteiger partial charge in [-0.3, -0.25) is 0 Å². The van der Waals surface area contributed by atoms with Crippen molar-refractivity contribution in [3.05, 3.63) is 0 Å². The van der Waals surface area contributed by atoms with Gasteiger partial charge in [-0.25, -0.2) is 9.78 Å². The van der Waals surface area contributed by atoms with Crippen LogP contribution in [0.2, 0.25) is 0 Å². The second-order valence-corrected chi connectivity index (χ2v) is 7.74. The molecule has 0 saturated carbocycles. The summed E-state index contributed by atoms with van der Waals surface area (Å²) in [6.45, 7) is 13.6. The molecule has 0 amide bonds. The van der Waals surface area contributed by atoms with Gasteiger partial charge in [0, 0.05) is 0 Å². The maximum absolute atomic E-state index is 6.38. The third-order valence-corrected chi connectivity index (χ3v) is 5.19. The van der Waals surface area contributed by atoms with Crippen LogP contribution in [0.25, 0.3) is 0 Å². The van der Waals surface area contributed by atoms with Gasteiger partial charge in [0.05, 0.1) is 0 Å². The van der Waals surface area contributed by atoms with Crippen molar-refractivity contribution in [2.75, 3.05) is 0 Å². The van der Waals surface area contributed by atoms with Gasteiger partial charge in [-0.15, -0.1) is 0 Å². The summed E-state index contributed by atoms with van der Waals surface area (Å²) in [7, 11) is 0. The lowest BCUT2D eigenvalue weighted by Gasteiger charge is -2.39. The summed E-state index contributed by atoms with van der Waals surface area (Å²) in [6.07, 6.45) is 16.3. The van der Waals surface area contributed by atoms with Gasteiger partial charge in [0.15, 0.2) is 0 Å². The van der Waals surface area contributed by atoms with Crippen molar-refractivity contribution in [3.63, 3.8) is 0 Å². The van der Waals surface area contributed by atoms with Crippen molar-refractivity contribution in [1.82, 2.24) is 0 Å². The lowest BCUT2D eigenvalue weighted by atomic mass is 9.86. The molecule has 0 bridgehead atoms. The third kappa shape index (κ3) is 8.85. The molecule has 2 nitrogen and oxygen atoms in total. The van der Waals surface area contributed by atoms with E-state index in [1.165, 1.54) is 25.7 Å². The molecule has 0 radical (unpaired) electrons.